The number of aromatic nitrogens is 2. The number of hydrogen-bond donors (Lipinski definition) is 1. The molecule has 0 saturated heterocycles. The van der Waals surface area contributed by atoms with Crippen LogP contribution in [0.15, 0.2) is 24.3 Å². The molecule has 0 aliphatic heterocycles. The molecule has 0 atom stereocenters. The van der Waals surface area contributed by atoms with E-state index in [1.54, 1.807) is 6.07 Å². The second kappa shape index (κ2) is 6.06. The number of benzene rings is 1. The molecule has 0 bridgehead atoms. The molecule has 0 radical (unpaired) electrons. The van der Waals surface area contributed by atoms with E-state index in [0.29, 0.717) is 10.7 Å². The average molecular weight is 326 g/mol. The predicted molar refractivity (Wildman–Crippen MR) is 76.5 cm³/mol. The van der Waals surface area contributed by atoms with Crippen molar-refractivity contribution in [2.45, 2.75) is 13.3 Å². The number of halogens is 1. The second-order valence-electron chi connectivity index (χ2n) is 3.71. The number of anilines is 1. The fraction of sp³-hybridized carbons (Fsp3) is 0.250. The highest BCUT2D eigenvalue weighted by molar-refractivity contribution is 9.09. The summed E-state index contributed by atoms with van der Waals surface area (Å²) in [6.07, 6.45) is 0.817. The standard InChI is InChI=1S/C12H12BrN3OS/c1-8-4-2-3-5-9(8)11(17)14-12-16-15-10(18-12)6-7-13/h2-5H,6-7H2,1H3,(H,14,16,17). The van der Waals surface area contributed by atoms with Crippen molar-refractivity contribution < 1.29 is 4.79 Å². The number of alkyl halides is 1. The van der Waals surface area contributed by atoms with Gasteiger partial charge in [-0.1, -0.05) is 45.5 Å². The van der Waals surface area contributed by atoms with Gasteiger partial charge in [0.1, 0.15) is 5.01 Å². The van der Waals surface area contributed by atoms with Gasteiger partial charge in [-0.05, 0) is 18.6 Å². The quantitative estimate of drug-likeness (QED) is 0.879. The minimum atomic E-state index is -0.144. The highest BCUT2D eigenvalue weighted by Gasteiger charge is 2.11. The third kappa shape index (κ3) is 3.14. The number of amides is 1. The van der Waals surface area contributed by atoms with E-state index in [1.807, 2.05) is 25.1 Å². The van der Waals surface area contributed by atoms with Crippen LogP contribution >= 0.6 is 27.3 Å². The molecule has 0 spiro atoms. The molecular formula is C12H12BrN3OS. The van der Waals surface area contributed by atoms with Crippen LogP contribution in [0.1, 0.15) is 20.9 Å². The molecule has 1 heterocycles. The van der Waals surface area contributed by atoms with E-state index < -0.39 is 0 Å². The Labute approximate surface area is 118 Å². The summed E-state index contributed by atoms with van der Waals surface area (Å²) >= 11 is 4.75. The minimum Gasteiger partial charge on any atom is -0.296 e. The van der Waals surface area contributed by atoms with Crippen LogP contribution in [0.2, 0.25) is 0 Å². The van der Waals surface area contributed by atoms with Crippen molar-refractivity contribution in [1.29, 1.82) is 0 Å². The highest BCUT2D eigenvalue weighted by Crippen LogP contribution is 2.18. The van der Waals surface area contributed by atoms with Gasteiger partial charge in [-0.25, -0.2) is 0 Å². The maximum Gasteiger partial charge on any atom is 0.257 e. The zero-order valence-electron chi connectivity index (χ0n) is 9.81. The van der Waals surface area contributed by atoms with Gasteiger partial charge in [0.15, 0.2) is 0 Å². The lowest BCUT2D eigenvalue weighted by Crippen LogP contribution is -2.12. The first-order valence-electron chi connectivity index (χ1n) is 5.46. The zero-order chi connectivity index (χ0) is 13.0. The van der Waals surface area contributed by atoms with E-state index in [1.165, 1.54) is 11.3 Å². The molecule has 2 rings (SSSR count). The van der Waals surface area contributed by atoms with Gasteiger partial charge in [0.2, 0.25) is 5.13 Å². The molecule has 1 aromatic heterocycles. The summed E-state index contributed by atoms with van der Waals surface area (Å²) in [7, 11) is 0. The molecule has 0 saturated carbocycles. The van der Waals surface area contributed by atoms with Crippen LogP contribution in [-0.2, 0) is 6.42 Å². The van der Waals surface area contributed by atoms with Gasteiger partial charge in [-0.2, -0.15) is 0 Å². The summed E-state index contributed by atoms with van der Waals surface area (Å²) in [5.41, 5.74) is 1.61. The number of rotatable bonds is 4. The molecule has 0 aliphatic rings. The average Bonchev–Trinajstić information content (AvgIpc) is 2.77. The van der Waals surface area contributed by atoms with Crippen molar-refractivity contribution in [3.63, 3.8) is 0 Å². The highest BCUT2D eigenvalue weighted by atomic mass is 79.9. The van der Waals surface area contributed by atoms with E-state index in [2.05, 4.69) is 31.4 Å². The molecule has 0 aliphatic carbocycles. The van der Waals surface area contributed by atoms with Crippen molar-refractivity contribution in [2.24, 2.45) is 0 Å². The molecule has 0 fully saturated rings. The topological polar surface area (TPSA) is 54.9 Å². The lowest BCUT2D eigenvalue weighted by atomic mass is 10.1. The predicted octanol–water partition coefficient (Wildman–Crippen LogP) is 3.04. The largest absolute Gasteiger partial charge is 0.296 e. The number of carbonyl (C=O) groups is 1. The molecule has 0 unspecified atom stereocenters. The first kappa shape index (κ1) is 13.2. The van der Waals surface area contributed by atoms with Gasteiger partial charge in [0, 0.05) is 17.3 Å². The first-order chi connectivity index (χ1) is 8.70. The lowest BCUT2D eigenvalue weighted by Gasteiger charge is -2.03. The number of hydrogen-bond acceptors (Lipinski definition) is 4. The van der Waals surface area contributed by atoms with Crippen molar-refractivity contribution in [2.75, 3.05) is 10.6 Å². The van der Waals surface area contributed by atoms with Gasteiger partial charge < -0.3 is 0 Å². The Balaban J connectivity index is 2.09. The molecule has 1 N–H and O–H groups in total. The van der Waals surface area contributed by atoms with Gasteiger partial charge in [0.05, 0.1) is 0 Å². The van der Waals surface area contributed by atoms with E-state index >= 15 is 0 Å². The Morgan fingerprint density at radius 3 is 2.89 bits per heavy atom. The lowest BCUT2D eigenvalue weighted by molar-refractivity contribution is 0.102. The summed E-state index contributed by atoms with van der Waals surface area (Å²) in [5, 5.41) is 13.0. The molecule has 2 aromatic rings. The maximum atomic E-state index is 12.0. The fourth-order valence-electron chi connectivity index (χ4n) is 1.48. The molecule has 4 nitrogen and oxygen atoms in total. The molecular weight excluding hydrogens is 314 g/mol. The Hall–Kier alpha value is -1.27. The van der Waals surface area contributed by atoms with Crippen LogP contribution in [-0.4, -0.2) is 21.4 Å². The summed E-state index contributed by atoms with van der Waals surface area (Å²) in [6.45, 7) is 1.91. The Kier molecular flexibility index (Phi) is 4.43. The van der Waals surface area contributed by atoms with Crippen LogP contribution < -0.4 is 5.32 Å². The van der Waals surface area contributed by atoms with Crippen molar-refractivity contribution in [1.82, 2.24) is 10.2 Å². The zero-order valence-corrected chi connectivity index (χ0v) is 12.2. The maximum absolute atomic E-state index is 12.0. The smallest absolute Gasteiger partial charge is 0.257 e. The summed E-state index contributed by atoms with van der Waals surface area (Å²) in [6, 6.07) is 7.46. The van der Waals surface area contributed by atoms with Crippen LogP contribution in [0.3, 0.4) is 0 Å². The summed E-state index contributed by atoms with van der Waals surface area (Å²) in [4.78, 5) is 12.0. The van der Waals surface area contributed by atoms with Crippen LogP contribution in [0, 0.1) is 6.92 Å². The van der Waals surface area contributed by atoms with Crippen molar-refractivity contribution in [3.8, 4) is 0 Å². The van der Waals surface area contributed by atoms with Gasteiger partial charge in [0.25, 0.3) is 5.91 Å². The Morgan fingerprint density at radius 2 is 2.17 bits per heavy atom. The number of nitrogens with one attached hydrogen (secondary N) is 1. The summed E-state index contributed by atoms with van der Waals surface area (Å²) < 4.78 is 0. The molecule has 1 amide bonds. The Morgan fingerprint density at radius 1 is 1.39 bits per heavy atom. The van der Waals surface area contributed by atoms with Crippen LogP contribution in [0.25, 0.3) is 0 Å². The number of carbonyl (C=O) groups excluding carboxylic acids is 1. The van der Waals surface area contributed by atoms with E-state index in [0.717, 1.165) is 22.3 Å². The van der Waals surface area contributed by atoms with E-state index in [9.17, 15) is 4.79 Å². The number of nitrogens with zero attached hydrogens (tertiary/aromatic N) is 2. The minimum absolute atomic E-state index is 0.144. The molecule has 18 heavy (non-hydrogen) atoms. The summed E-state index contributed by atoms with van der Waals surface area (Å²) in [5.74, 6) is -0.144. The molecule has 1 aromatic carbocycles. The molecule has 94 valence electrons. The monoisotopic (exact) mass is 325 g/mol. The number of aryl methyl sites for hydroxylation is 2. The van der Waals surface area contributed by atoms with Crippen molar-refractivity contribution in [3.05, 3.63) is 40.4 Å². The second-order valence-corrected chi connectivity index (χ2v) is 5.56. The third-order valence-corrected chi connectivity index (χ3v) is 3.68. The van der Waals surface area contributed by atoms with E-state index in [-0.39, 0.29) is 5.91 Å². The fourth-order valence-corrected chi connectivity index (χ4v) is 2.85. The van der Waals surface area contributed by atoms with Gasteiger partial charge in [-0.15, -0.1) is 10.2 Å². The molecule has 6 heteroatoms. The normalized spacial score (nSPS) is 10.3. The van der Waals surface area contributed by atoms with Crippen molar-refractivity contribution >= 4 is 38.3 Å². The van der Waals surface area contributed by atoms with Crippen LogP contribution in [0.4, 0.5) is 5.13 Å². The van der Waals surface area contributed by atoms with Crippen LogP contribution in [0.5, 0.6) is 0 Å². The first-order valence-corrected chi connectivity index (χ1v) is 7.40. The third-order valence-electron chi connectivity index (χ3n) is 2.39. The Bertz CT molecular complexity index is 556. The SMILES string of the molecule is Cc1ccccc1C(=O)Nc1nnc(CCBr)s1. The van der Waals surface area contributed by atoms with Gasteiger partial charge >= 0.3 is 0 Å². The van der Waals surface area contributed by atoms with E-state index in [4.69, 9.17) is 0 Å². The van der Waals surface area contributed by atoms with Gasteiger partial charge in [-0.3, -0.25) is 10.1 Å².